The summed E-state index contributed by atoms with van der Waals surface area (Å²) in [5, 5.41) is 0. The van der Waals surface area contributed by atoms with Crippen LogP contribution in [0.4, 0.5) is 0 Å². The van der Waals surface area contributed by atoms with Crippen molar-refractivity contribution in [2.75, 3.05) is 28.2 Å². The lowest BCUT2D eigenvalue weighted by atomic mass is 10.5. The number of rotatable bonds is 0. The Morgan fingerprint density at radius 1 is 0.900 bits per heavy atom. The van der Waals surface area contributed by atoms with E-state index in [1.54, 1.807) is 0 Å². The molecule has 0 unspecified atom stereocenters. The van der Waals surface area contributed by atoms with Gasteiger partial charge >= 0.3 is 0 Å². The zero-order chi connectivity index (χ0) is 8.04. The molecule has 0 amide bonds. The average Bonchev–Trinajstić information content (AvgIpc) is 2.07. The number of quaternary nitrogens is 1. The standard InChI is InChI=1S/C5H6.C4H12N/c1-2-4-5-3-1;1-5(2,3)4/h1-4H,5H2;1-4H3/q;+1. The molecule has 0 aromatic heterocycles. The minimum Gasteiger partial charge on any atom is -0.333 e. The van der Waals surface area contributed by atoms with Gasteiger partial charge in [0.1, 0.15) is 0 Å². The van der Waals surface area contributed by atoms with Crippen LogP contribution in [-0.2, 0) is 0 Å². The van der Waals surface area contributed by atoms with Crippen molar-refractivity contribution in [2.24, 2.45) is 0 Å². The second-order valence-corrected chi connectivity index (χ2v) is 3.78. The van der Waals surface area contributed by atoms with Gasteiger partial charge in [0.15, 0.2) is 0 Å². The van der Waals surface area contributed by atoms with Crippen LogP contribution < -0.4 is 0 Å². The number of hydrogen-bond acceptors (Lipinski definition) is 0. The van der Waals surface area contributed by atoms with E-state index in [2.05, 4.69) is 52.5 Å². The van der Waals surface area contributed by atoms with Gasteiger partial charge in [0.25, 0.3) is 0 Å². The molecule has 1 aliphatic rings. The first-order chi connectivity index (χ1) is 4.50. The average molecular weight is 140 g/mol. The van der Waals surface area contributed by atoms with Crippen molar-refractivity contribution in [1.29, 1.82) is 0 Å². The molecule has 0 saturated carbocycles. The van der Waals surface area contributed by atoms with Crippen molar-refractivity contribution in [2.45, 2.75) is 6.42 Å². The van der Waals surface area contributed by atoms with Crippen molar-refractivity contribution >= 4 is 0 Å². The highest BCUT2D eigenvalue weighted by molar-refractivity contribution is 5.11. The predicted molar refractivity (Wildman–Crippen MR) is 46.9 cm³/mol. The Balaban J connectivity index is 0.000000162. The zero-order valence-corrected chi connectivity index (χ0v) is 7.46. The Morgan fingerprint density at radius 2 is 1.20 bits per heavy atom. The molecule has 1 rings (SSSR count). The van der Waals surface area contributed by atoms with E-state index in [0.29, 0.717) is 0 Å². The Kier molecular flexibility index (Phi) is 4.05. The van der Waals surface area contributed by atoms with Crippen molar-refractivity contribution in [3.05, 3.63) is 24.3 Å². The predicted octanol–water partition coefficient (Wildman–Crippen LogP) is 1.82. The molecule has 0 heterocycles. The SMILES string of the molecule is C1=CCC=C1.C[N+](C)(C)C. The maximum atomic E-state index is 2.12. The highest BCUT2D eigenvalue weighted by Gasteiger charge is 1.88. The van der Waals surface area contributed by atoms with E-state index in [1.807, 2.05) is 0 Å². The third-order valence-corrected chi connectivity index (χ3v) is 0.655. The lowest BCUT2D eigenvalue weighted by Gasteiger charge is -2.14. The van der Waals surface area contributed by atoms with Crippen LogP contribution in [0.15, 0.2) is 24.3 Å². The first-order valence-corrected chi connectivity index (χ1v) is 3.61. The normalized spacial score (nSPS) is 14.8. The summed E-state index contributed by atoms with van der Waals surface area (Å²) < 4.78 is 1.00. The second kappa shape index (κ2) is 4.29. The first-order valence-electron chi connectivity index (χ1n) is 3.61. The molecule has 1 nitrogen and oxygen atoms in total. The van der Waals surface area contributed by atoms with E-state index >= 15 is 0 Å². The highest BCUT2D eigenvalue weighted by atomic mass is 15.2. The Hall–Kier alpha value is -0.560. The minimum atomic E-state index is 1.00. The van der Waals surface area contributed by atoms with E-state index in [1.165, 1.54) is 0 Å². The molecule has 0 radical (unpaired) electrons. The maximum absolute atomic E-state index is 2.12. The first kappa shape index (κ1) is 9.44. The summed E-state index contributed by atoms with van der Waals surface area (Å²) in [5.41, 5.74) is 0. The topological polar surface area (TPSA) is 0 Å². The molecular formula is C9H18N+. The zero-order valence-electron chi connectivity index (χ0n) is 7.46. The molecule has 0 aromatic rings. The summed E-state index contributed by atoms with van der Waals surface area (Å²) in [7, 11) is 8.50. The van der Waals surface area contributed by atoms with E-state index in [4.69, 9.17) is 0 Å². The van der Waals surface area contributed by atoms with Crippen LogP contribution in [-0.4, -0.2) is 32.7 Å². The molecule has 0 spiro atoms. The van der Waals surface area contributed by atoms with Crippen LogP contribution in [0, 0.1) is 0 Å². The lowest BCUT2D eigenvalue weighted by Crippen LogP contribution is -2.27. The van der Waals surface area contributed by atoms with E-state index < -0.39 is 0 Å². The summed E-state index contributed by atoms with van der Waals surface area (Å²) in [4.78, 5) is 0. The van der Waals surface area contributed by atoms with Gasteiger partial charge in [-0.3, -0.25) is 0 Å². The molecular weight excluding hydrogens is 122 g/mol. The maximum Gasteiger partial charge on any atom is 0.0675 e. The molecule has 58 valence electrons. The third-order valence-electron chi connectivity index (χ3n) is 0.655. The van der Waals surface area contributed by atoms with Gasteiger partial charge in [-0.1, -0.05) is 24.3 Å². The fraction of sp³-hybridized carbons (Fsp3) is 0.556. The molecule has 0 bridgehead atoms. The summed E-state index contributed by atoms with van der Waals surface area (Å²) >= 11 is 0. The fourth-order valence-corrected chi connectivity index (χ4v) is 0.393. The van der Waals surface area contributed by atoms with Crippen molar-refractivity contribution < 1.29 is 4.48 Å². The van der Waals surface area contributed by atoms with Gasteiger partial charge in [-0.25, -0.2) is 0 Å². The third kappa shape index (κ3) is 15.7. The minimum absolute atomic E-state index is 1.00. The van der Waals surface area contributed by atoms with Crippen LogP contribution in [0.25, 0.3) is 0 Å². The molecule has 0 N–H and O–H groups in total. The van der Waals surface area contributed by atoms with Crippen LogP contribution in [0.1, 0.15) is 6.42 Å². The van der Waals surface area contributed by atoms with Gasteiger partial charge in [-0.05, 0) is 6.42 Å². The lowest BCUT2D eigenvalue weighted by molar-refractivity contribution is -0.849. The van der Waals surface area contributed by atoms with Gasteiger partial charge in [0.05, 0.1) is 28.2 Å². The van der Waals surface area contributed by atoms with Crippen molar-refractivity contribution in [3.8, 4) is 0 Å². The summed E-state index contributed by atoms with van der Waals surface area (Å²) in [6.07, 6.45) is 9.50. The smallest absolute Gasteiger partial charge is 0.0675 e. The molecule has 0 atom stereocenters. The van der Waals surface area contributed by atoms with Crippen LogP contribution in [0.3, 0.4) is 0 Å². The number of hydrogen-bond donors (Lipinski definition) is 0. The molecule has 0 aliphatic heterocycles. The second-order valence-electron chi connectivity index (χ2n) is 3.78. The molecule has 1 heteroatoms. The molecule has 0 saturated heterocycles. The molecule has 0 aromatic carbocycles. The van der Waals surface area contributed by atoms with Gasteiger partial charge in [-0.15, -0.1) is 0 Å². The summed E-state index contributed by atoms with van der Waals surface area (Å²) in [5.74, 6) is 0. The van der Waals surface area contributed by atoms with Gasteiger partial charge in [0, 0.05) is 0 Å². The van der Waals surface area contributed by atoms with Gasteiger partial charge in [0.2, 0.25) is 0 Å². The van der Waals surface area contributed by atoms with Crippen LogP contribution in [0.2, 0.25) is 0 Å². The van der Waals surface area contributed by atoms with Crippen LogP contribution in [0.5, 0.6) is 0 Å². The molecule has 1 aliphatic carbocycles. The summed E-state index contributed by atoms with van der Waals surface area (Å²) in [6.45, 7) is 0. The van der Waals surface area contributed by atoms with E-state index in [9.17, 15) is 0 Å². The molecule has 0 fully saturated rings. The van der Waals surface area contributed by atoms with E-state index in [-0.39, 0.29) is 0 Å². The fourth-order valence-electron chi connectivity index (χ4n) is 0.393. The Bertz CT molecular complexity index is 110. The van der Waals surface area contributed by atoms with Crippen molar-refractivity contribution in [3.63, 3.8) is 0 Å². The van der Waals surface area contributed by atoms with Gasteiger partial charge < -0.3 is 4.48 Å². The van der Waals surface area contributed by atoms with E-state index in [0.717, 1.165) is 10.9 Å². The van der Waals surface area contributed by atoms with Gasteiger partial charge in [-0.2, -0.15) is 0 Å². The highest BCUT2D eigenvalue weighted by Crippen LogP contribution is 1.93. The number of allylic oxidation sites excluding steroid dienone is 4. The monoisotopic (exact) mass is 140 g/mol. The van der Waals surface area contributed by atoms with Crippen molar-refractivity contribution in [1.82, 2.24) is 0 Å². The largest absolute Gasteiger partial charge is 0.333 e. The Morgan fingerprint density at radius 3 is 1.30 bits per heavy atom. The number of nitrogens with zero attached hydrogens (tertiary/aromatic N) is 1. The van der Waals surface area contributed by atoms with Crippen LogP contribution >= 0.6 is 0 Å². The quantitative estimate of drug-likeness (QED) is 0.450. The molecule has 10 heavy (non-hydrogen) atoms. The Labute approximate surface area is 64.2 Å². The summed E-state index contributed by atoms with van der Waals surface area (Å²) in [6, 6.07) is 0.